The first-order valence-corrected chi connectivity index (χ1v) is 8.46. The van der Waals surface area contributed by atoms with Gasteiger partial charge in [0.1, 0.15) is 5.76 Å². The van der Waals surface area contributed by atoms with Crippen molar-refractivity contribution in [3.63, 3.8) is 0 Å². The van der Waals surface area contributed by atoms with Gasteiger partial charge in [0.25, 0.3) is 5.56 Å². The van der Waals surface area contributed by atoms with Crippen LogP contribution in [-0.4, -0.2) is 22.7 Å². The molecule has 1 aromatic carbocycles. The van der Waals surface area contributed by atoms with Crippen molar-refractivity contribution in [2.45, 2.75) is 44.8 Å². The van der Waals surface area contributed by atoms with E-state index in [9.17, 15) is 22.8 Å². The Balaban J connectivity index is 1.92. The molecule has 0 amide bonds. The van der Waals surface area contributed by atoms with Crippen LogP contribution in [0.4, 0.5) is 13.2 Å². The number of aryl methyl sites for hydroxylation is 1. The van der Waals surface area contributed by atoms with Gasteiger partial charge in [0.2, 0.25) is 0 Å². The number of nitrogens with one attached hydrogen (secondary N) is 1. The van der Waals surface area contributed by atoms with Crippen LogP contribution in [0.2, 0.25) is 0 Å². The number of nitrogens with zero attached hydrogens (tertiary/aromatic N) is 1. The van der Waals surface area contributed by atoms with Gasteiger partial charge in [0.15, 0.2) is 0 Å². The SMILES string of the molecule is CC(=O)ON1CCC(c2cc(=O)[nH]o2)CC1c1ccc(C(F)(F)F)c(C)c1. The van der Waals surface area contributed by atoms with Crippen molar-refractivity contribution in [3.05, 3.63) is 57.1 Å². The maximum absolute atomic E-state index is 13.0. The molecule has 0 spiro atoms. The van der Waals surface area contributed by atoms with Gasteiger partial charge in [-0.15, -0.1) is 5.06 Å². The van der Waals surface area contributed by atoms with Gasteiger partial charge in [0.05, 0.1) is 11.6 Å². The summed E-state index contributed by atoms with van der Waals surface area (Å²) in [4.78, 5) is 28.0. The van der Waals surface area contributed by atoms with E-state index in [4.69, 9.17) is 9.36 Å². The lowest BCUT2D eigenvalue weighted by Gasteiger charge is -2.37. The number of alkyl halides is 3. The van der Waals surface area contributed by atoms with E-state index in [1.807, 2.05) is 0 Å². The number of rotatable bonds is 3. The van der Waals surface area contributed by atoms with Crippen molar-refractivity contribution in [3.8, 4) is 0 Å². The minimum Gasteiger partial charge on any atom is -0.383 e. The average molecular weight is 384 g/mol. The first-order chi connectivity index (χ1) is 12.6. The molecular formula is C18H19F3N2O4. The number of benzene rings is 1. The summed E-state index contributed by atoms with van der Waals surface area (Å²) >= 11 is 0. The Kier molecular flexibility index (Phi) is 5.14. The predicted octanol–water partition coefficient (Wildman–Crippen LogP) is 3.69. The lowest BCUT2D eigenvalue weighted by molar-refractivity contribution is -0.208. The molecule has 0 bridgehead atoms. The van der Waals surface area contributed by atoms with Crippen LogP contribution in [0.5, 0.6) is 0 Å². The summed E-state index contributed by atoms with van der Waals surface area (Å²) in [5.74, 6) is -0.144. The number of hydrogen-bond acceptors (Lipinski definition) is 5. The number of aromatic nitrogens is 1. The van der Waals surface area contributed by atoms with Crippen LogP contribution in [0.25, 0.3) is 0 Å². The maximum Gasteiger partial charge on any atom is 0.416 e. The number of piperidine rings is 1. The zero-order valence-electron chi connectivity index (χ0n) is 14.8. The van der Waals surface area contributed by atoms with Gasteiger partial charge in [0, 0.05) is 25.5 Å². The second-order valence-corrected chi connectivity index (χ2v) is 6.65. The van der Waals surface area contributed by atoms with E-state index in [0.29, 0.717) is 30.7 Å². The molecule has 1 saturated heterocycles. The number of halogens is 3. The van der Waals surface area contributed by atoms with Crippen LogP contribution in [0.1, 0.15) is 54.2 Å². The summed E-state index contributed by atoms with van der Waals surface area (Å²) in [6.07, 6.45) is -3.43. The number of H-pyrrole nitrogens is 1. The van der Waals surface area contributed by atoms with Crippen LogP contribution in [0, 0.1) is 6.92 Å². The van der Waals surface area contributed by atoms with Crippen molar-refractivity contribution in [2.75, 3.05) is 6.54 Å². The molecule has 27 heavy (non-hydrogen) atoms. The summed E-state index contributed by atoms with van der Waals surface area (Å²) in [5, 5.41) is 3.72. The molecule has 2 heterocycles. The molecule has 0 radical (unpaired) electrons. The van der Waals surface area contributed by atoms with E-state index < -0.39 is 23.8 Å². The second kappa shape index (κ2) is 7.22. The first-order valence-electron chi connectivity index (χ1n) is 8.46. The Morgan fingerprint density at radius 3 is 2.63 bits per heavy atom. The van der Waals surface area contributed by atoms with Crippen molar-refractivity contribution in [1.82, 2.24) is 10.2 Å². The summed E-state index contributed by atoms with van der Waals surface area (Å²) in [7, 11) is 0. The molecule has 146 valence electrons. The normalized spacial score (nSPS) is 21.2. The smallest absolute Gasteiger partial charge is 0.383 e. The van der Waals surface area contributed by atoms with E-state index in [2.05, 4.69) is 5.16 Å². The third kappa shape index (κ3) is 4.24. The number of hydrogen-bond donors (Lipinski definition) is 1. The highest BCUT2D eigenvalue weighted by Gasteiger charge is 2.36. The molecule has 1 aliphatic heterocycles. The molecular weight excluding hydrogens is 365 g/mol. The highest BCUT2D eigenvalue weighted by molar-refractivity contribution is 5.65. The summed E-state index contributed by atoms with van der Waals surface area (Å²) < 4.78 is 44.3. The van der Waals surface area contributed by atoms with Gasteiger partial charge >= 0.3 is 12.1 Å². The largest absolute Gasteiger partial charge is 0.416 e. The van der Waals surface area contributed by atoms with E-state index >= 15 is 0 Å². The molecule has 1 aromatic heterocycles. The third-order valence-corrected chi connectivity index (χ3v) is 4.68. The Morgan fingerprint density at radius 1 is 1.33 bits per heavy atom. The number of carbonyl (C=O) groups is 1. The number of hydroxylamine groups is 2. The zero-order valence-corrected chi connectivity index (χ0v) is 14.8. The fourth-order valence-electron chi connectivity index (χ4n) is 3.49. The minimum absolute atomic E-state index is 0.0954. The molecule has 6 nitrogen and oxygen atoms in total. The standard InChI is InChI=1S/C18H19F3N2O4/c1-10-7-12(3-4-14(10)18(19,20)21)15-8-13(16-9-17(25)22-26-16)5-6-23(15)27-11(2)24/h3-4,7,9,13,15H,5-6,8H2,1-2H3,(H,22,25). The lowest BCUT2D eigenvalue weighted by Crippen LogP contribution is -2.37. The highest BCUT2D eigenvalue weighted by atomic mass is 19.4. The molecule has 1 N–H and O–H groups in total. The molecule has 1 fully saturated rings. The first kappa shape index (κ1) is 19.2. The topological polar surface area (TPSA) is 75.5 Å². The van der Waals surface area contributed by atoms with E-state index in [-0.39, 0.29) is 17.0 Å². The minimum atomic E-state index is -4.43. The Morgan fingerprint density at radius 2 is 2.07 bits per heavy atom. The summed E-state index contributed by atoms with van der Waals surface area (Å²) in [5.41, 5.74) is -0.356. The van der Waals surface area contributed by atoms with Gasteiger partial charge in [-0.1, -0.05) is 12.1 Å². The molecule has 0 saturated carbocycles. The average Bonchev–Trinajstić information content (AvgIpc) is 3.00. The fourth-order valence-corrected chi connectivity index (χ4v) is 3.49. The summed E-state index contributed by atoms with van der Waals surface area (Å²) in [6, 6.07) is 4.80. The second-order valence-electron chi connectivity index (χ2n) is 6.65. The van der Waals surface area contributed by atoms with E-state index in [1.54, 1.807) is 0 Å². The molecule has 9 heteroatoms. The van der Waals surface area contributed by atoms with Crippen LogP contribution in [0.15, 0.2) is 33.6 Å². The fraction of sp³-hybridized carbons (Fsp3) is 0.444. The zero-order chi connectivity index (χ0) is 19.8. The van der Waals surface area contributed by atoms with Crippen LogP contribution in [0.3, 0.4) is 0 Å². The molecule has 2 aromatic rings. The lowest BCUT2D eigenvalue weighted by atomic mass is 9.86. The summed E-state index contributed by atoms with van der Waals surface area (Å²) in [6.45, 7) is 3.03. The molecule has 1 aliphatic rings. The van der Waals surface area contributed by atoms with E-state index in [1.165, 1.54) is 37.1 Å². The Labute approximate surface area is 152 Å². The number of carbonyl (C=O) groups excluding carboxylic acids is 1. The Hall–Kier alpha value is -2.55. The Bertz CT molecular complexity index is 887. The molecule has 0 aliphatic carbocycles. The van der Waals surface area contributed by atoms with Crippen LogP contribution in [-0.2, 0) is 15.8 Å². The predicted molar refractivity (Wildman–Crippen MR) is 88.7 cm³/mol. The van der Waals surface area contributed by atoms with Crippen molar-refractivity contribution < 1.29 is 27.3 Å². The van der Waals surface area contributed by atoms with Gasteiger partial charge in [-0.2, -0.15) is 18.3 Å². The van der Waals surface area contributed by atoms with Gasteiger partial charge in [-0.05, 0) is 37.0 Å². The molecule has 3 rings (SSSR count). The molecule has 2 unspecified atom stereocenters. The van der Waals surface area contributed by atoms with Gasteiger partial charge in [-0.25, -0.2) is 0 Å². The monoisotopic (exact) mass is 384 g/mol. The van der Waals surface area contributed by atoms with Crippen LogP contribution >= 0.6 is 0 Å². The quantitative estimate of drug-likeness (QED) is 0.874. The van der Waals surface area contributed by atoms with Gasteiger partial charge in [-0.3, -0.25) is 9.59 Å². The maximum atomic E-state index is 13.0. The number of aromatic amines is 1. The van der Waals surface area contributed by atoms with Crippen molar-refractivity contribution in [2.24, 2.45) is 0 Å². The third-order valence-electron chi connectivity index (χ3n) is 4.68. The van der Waals surface area contributed by atoms with Gasteiger partial charge < -0.3 is 9.36 Å². The van der Waals surface area contributed by atoms with Crippen molar-refractivity contribution in [1.29, 1.82) is 0 Å². The molecule has 2 atom stereocenters. The van der Waals surface area contributed by atoms with E-state index in [0.717, 1.165) is 6.07 Å². The van der Waals surface area contributed by atoms with Crippen molar-refractivity contribution >= 4 is 5.97 Å². The van der Waals surface area contributed by atoms with Crippen LogP contribution < -0.4 is 5.56 Å². The highest BCUT2D eigenvalue weighted by Crippen LogP contribution is 2.41.